The molecule has 0 saturated carbocycles. The first-order chi connectivity index (χ1) is 9.88. The van der Waals surface area contributed by atoms with Crippen LogP contribution in [0.2, 0.25) is 10.2 Å². The Morgan fingerprint density at radius 1 is 1.29 bits per heavy atom. The molecule has 0 bridgehead atoms. The molecule has 0 N–H and O–H groups in total. The van der Waals surface area contributed by atoms with Crippen LogP contribution in [0.4, 0.5) is 5.69 Å². The predicted molar refractivity (Wildman–Crippen MR) is 81.2 cm³/mol. The Bertz CT molecular complexity index is 705. The van der Waals surface area contributed by atoms with Gasteiger partial charge in [-0.05, 0) is 31.0 Å². The van der Waals surface area contributed by atoms with Crippen LogP contribution in [-0.4, -0.2) is 9.91 Å². The van der Waals surface area contributed by atoms with Gasteiger partial charge in [0.15, 0.2) is 5.75 Å². The van der Waals surface area contributed by atoms with Crippen molar-refractivity contribution in [2.45, 2.75) is 20.5 Å². The standard InChI is InChI=1S/C14H12Cl2N2O3/c1-8-3-9(2)14(12(4-8)18(19)20)21-7-10-6-17-13(16)5-11(10)15/h3-6H,7H2,1-2H3. The Morgan fingerprint density at radius 3 is 2.62 bits per heavy atom. The molecule has 5 nitrogen and oxygen atoms in total. The Hall–Kier alpha value is -1.85. The molecule has 0 aliphatic carbocycles. The van der Waals surface area contributed by atoms with Gasteiger partial charge in [-0.1, -0.05) is 29.3 Å². The largest absolute Gasteiger partial charge is 0.482 e. The van der Waals surface area contributed by atoms with Gasteiger partial charge in [-0.25, -0.2) is 4.98 Å². The van der Waals surface area contributed by atoms with E-state index in [-0.39, 0.29) is 23.2 Å². The van der Waals surface area contributed by atoms with E-state index in [1.54, 1.807) is 13.8 Å². The molecule has 0 unspecified atom stereocenters. The van der Waals surface area contributed by atoms with E-state index in [4.69, 9.17) is 27.9 Å². The van der Waals surface area contributed by atoms with Crippen LogP contribution in [-0.2, 0) is 6.61 Å². The molecule has 1 aromatic heterocycles. The van der Waals surface area contributed by atoms with Gasteiger partial charge in [0.2, 0.25) is 0 Å². The van der Waals surface area contributed by atoms with E-state index in [0.29, 0.717) is 16.1 Å². The normalized spacial score (nSPS) is 10.5. The molecular formula is C14H12Cl2N2O3. The number of nitrogens with zero attached hydrogens (tertiary/aromatic N) is 2. The van der Waals surface area contributed by atoms with Gasteiger partial charge >= 0.3 is 5.69 Å². The van der Waals surface area contributed by atoms with Crippen LogP contribution < -0.4 is 4.74 Å². The Balaban J connectivity index is 2.29. The van der Waals surface area contributed by atoms with Gasteiger partial charge in [-0.3, -0.25) is 10.1 Å². The maximum absolute atomic E-state index is 11.1. The Labute approximate surface area is 131 Å². The summed E-state index contributed by atoms with van der Waals surface area (Å²) in [6.07, 6.45) is 1.49. The predicted octanol–water partition coefficient (Wildman–Crippen LogP) is 4.49. The van der Waals surface area contributed by atoms with Crippen LogP contribution in [0.15, 0.2) is 24.4 Å². The highest BCUT2D eigenvalue weighted by Crippen LogP contribution is 2.33. The zero-order valence-electron chi connectivity index (χ0n) is 11.4. The summed E-state index contributed by atoms with van der Waals surface area (Å²) in [7, 11) is 0. The van der Waals surface area contributed by atoms with Gasteiger partial charge in [0.25, 0.3) is 0 Å². The lowest BCUT2D eigenvalue weighted by Gasteiger charge is -2.11. The second kappa shape index (κ2) is 6.28. The molecule has 0 amide bonds. The molecule has 21 heavy (non-hydrogen) atoms. The third kappa shape index (κ3) is 3.62. The summed E-state index contributed by atoms with van der Waals surface area (Å²) in [5.41, 5.74) is 2.04. The maximum Gasteiger partial charge on any atom is 0.311 e. The first kappa shape index (κ1) is 15.5. The molecular weight excluding hydrogens is 315 g/mol. The number of nitro benzene ring substituents is 1. The van der Waals surface area contributed by atoms with Gasteiger partial charge in [-0.15, -0.1) is 0 Å². The fraction of sp³-hybridized carbons (Fsp3) is 0.214. The average molecular weight is 327 g/mol. The summed E-state index contributed by atoms with van der Waals surface area (Å²) in [6, 6.07) is 4.80. The van der Waals surface area contributed by atoms with E-state index < -0.39 is 4.92 Å². The van der Waals surface area contributed by atoms with Crippen molar-refractivity contribution in [3.8, 4) is 5.75 Å². The molecule has 1 heterocycles. The van der Waals surface area contributed by atoms with Crippen LogP contribution in [0.1, 0.15) is 16.7 Å². The van der Waals surface area contributed by atoms with Gasteiger partial charge in [0.05, 0.1) is 9.95 Å². The number of hydrogen-bond acceptors (Lipinski definition) is 4. The molecule has 0 aliphatic heterocycles. The molecule has 0 atom stereocenters. The van der Waals surface area contributed by atoms with Crippen LogP contribution >= 0.6 is 23.2 Å². The number of nitro groups is 1. The number of ether oxygens (including phenoxy) is 1. The van der Waals surface area contributed by atoms with Crippen molar-refractivity contribution in [3.63, 3.8) is 0 Å². The van der Waals surface area contributed by atoms with E-state index in [1.165, 1.54) is 18.3 Å². The number of pyridine rings is 1. The molecule has 0 aliphatic rings. The fourth-order valence-electron chi connectivity index (χ4n) is 1.95. The fourth-order valence-corrected chi connectivity index (χ4v) is 2.37. The number of aromatic nitrogens is 1. The van der Waals surface area contributed by atoms with Gasteiger partial charge < -0.3 is 4.74 Å². The van der Waals surface area contributed by atoms with Crippen LogP contribution in [0.25, 0.3) is 0 Å². The van der Waals surface area contributed by atoms with Crippen LogP contribution in [0.3, 0.4) is 0 Å². The van der Waals surface area contributed by atoms with E-state index in [9.17, 15) is 10.1 Å². The molecule has 0 saturated heterocycles. The molecule has 0 radical (unpaired) electrons. The second-order valence-electron chi connectivity index (χ2n) is 4.57. The van der Waals surface area contributed by atoms with Crippen molar-refractivity contribution in [2.24, 2.45) is 0 Å². The number of benzene rings is 1. The zero-order valence-corrected chi connectivity index (χ0v) is 12.9. The minimum atomic E-state index is -0.461. The molecule has 1 aromatic carbocycles. The summed E-state index contributed by atoms with van der Waals surface area (Å²) in [4.78, 5) is 14.6. The average Bonchev–Trinajstić information content (AvgIpc) is 2.38. The number of aryl methyl sites for hydroxylation is 2. The summed E-state index contributed by atoms with van der Waals surface area (Å²) in [5.74, 6) is 0.233. The molecule has 2 aromatic rings. The van der Waals surface area contributed by atoms with Gasteiger partial charge in [0.1, 0.15) is 11.8 Å². The highest BCUT2D eigenvalue weighted by atomic mass is 35.5. The minimum Gasteiger partial charge on any atom is -0.482 e. The summed E-state index contributed by atoms with van der Waals surface area (Å²) < 4.78 is 5.58. The summed E-state index contributed by atoms with van der Waals surface area (Å²) in [6.45, 7) is 3.63. The van der Waals surface area contributed by atoms with Crippen LogP contribution in [0.5, 0.6) is 5.75 Å². The quantitative estimate of drug-likeness (QED) is 0.471. The summed E-state index contributed by atoms with van der Waals surface area (Å²) in [5, 5.41) is 11.8. The highest BCUT2D eigenvalue weighted by molar-refractivity contribution is 6.34. The molecule has 7 heteroatoms. The molecule has 0 spiro atoms. The third-order valence-electron chi connectivity index (χ3n) is 2.86. The van der Waals surface area contributed by atoms with Crippen molar-refractivity contribution in [1.82, 2.24) is 4.98 Å². The lowest BCUT2D eigenvalue weighted by Crippen LogP contribution is -2.02. The number of rotatable bonds is 4. The van der Waals surface area contributed by atoms with Crippen molar-refractivity contribution >= 4 is 28.9 Å². The van der Waals surface area contributed by atoms with E-state index in [1.807, 2.05) is 6.07 Å². The number of halogens is 2. The van der Waals surface area contributed by atoms with E-state index in [0.717, 1.165) is 5.56 Å². The summed E-state index contributed by atoms with van der Waals surface area (Å²) >= 11 is 11.7. The van der Waals surface area contributed by atoms with Crippen molar-refractivity contribution in [1.29, 1.82) is 0 Å². The van der Waals surface area contributed by atoms with Gasteiger partial charge in [0, 0.05) is 17.8 Å². The maximum atomic E-state index is 11.1. The van der Waals surface area contributed by atoms with Gasteiger partial charge in [-0.2, -0.15) is 0 Å². The smallest absolute Gasteiger partial charge is 0.311 e. The van der Waals surface area contributed by atoms with E-state index in [2.05, 4.69) is 4.98 Å². The van der Waals surface area contributed by atoms with Crippen molar-refractivity contribution in [2.75, 3.05) is 0 Å². The first-order valence-corrected chi connectivity index (χ1v) is 6.82. The SMILES string of the molecule is Cc1cc(C)c(OCc2cnc(Cl)cc2Cl)c([N+](=O)[O-])c1. The third-order valence-corrected chi connectivity index (χ3v) is 3.42. The number of hydrogen-bond donors (Lipinski definition) is 0. The minimum absolute atomic E-state index is 0.0643. The van der Waals surface area contributed by atoms with E-state index >= 15 is 0 Å². The lowest BCUT2D eigenvalue weighted by atomic mass is 10.1. The Morgan fingerprint density at radius 2 is 2.00 bits per heavy atom. The second-order valence-corrected chi connectivity index (χ2v) is 5.37. The first-order valence-electron chi connectivity index (χ1n) is 6.07. The monoisotopic (exact) mass is 326 g/mol. The zero-order chi connectivity index (χ0) is 15.6. The highest BCUT2D eigenvalue weighted by Gasteiger charge is 2.19. The lowest BCUT2D eigenvalue weighted by molar-refractivity contribution is -0.386. The molecule has 0 fully saturated rings. The topological polar surface area (TPSA) is 65.3 Å². The van der Waals surface area contributed by atoms with Crippen molar-refractivity contribution < 1.29 is 9.66 Å². The Kier molecular flexibility index (Phi) is 4.65. The van der Waals surface area contributed by atoms with Crippen LogP contribution in [0, 0.1) is 24.0 Å². The van der Waals surface area contributed by atoms with Crippen molar-refractivity contribution in [3.05, 3.63) is 61.4 Å². The molecule has 110 valence electrons. The molecule has 2 rings (SSSR count).